The highest BCUT2D eigenvalue weighted by Crippen LogP contribution is 2.18. The molecule has 0 aliphatic heterocycles. The molecular formula is C17H27N3O2. The maximum atomic E-state index is 10.0. The van der Waals surface area contributed by atoms with E-state index in [1.807, 2.05) is 44.2 Å². The molecular weight excluding hydrogens is 278 g/mol. The monoisotopic (exact) mass is 305 g/mol. The lowest BCUT2D eigenvalue weighted by Crippen LogP contribution is -2.39. The highest BCUT2D eigenvalue weighted by molar-refractivity contribution is 5.80. The largest absolute Gasteiger partial charge is 0.389 e. The molecule has 0 amide bonds. The number of guanidine groups is 1. The Morgan fingerprint density at radius 3 is 2.73 bits per heavy atom. The first-order chi connectivity index (χ1) is 10.7. The number of aliphatic hydroxyl groups excluding tert-OH is 1. The number of hydrogen-bond acceptors (Lipinski definition) is 3. The second-order valence-corrected chi connectivity index (χ2v) is 5.68. The average molecular weight is 305 g/mol. The zero-order chi connectivity index (χ0) is 15.8. The minimum absolute atomic E-state index is 0.0299. The van der Waals surface area contributed by atoms with Gasteiger partial charge in [0.25, 0.3) is 0 Å². The van der Waals surface area contributed by atoms with Gasteiger partial charge in [0.1, 0.15) is 0 Å². The van der Waals surface area contributed by atoms with Crippen molar-refractivity contribution < 1.29 is 9.84 Å². The number of hydrogen-bond donors (Lipinski definition) is 3. The molecule has 1 aromatic carbocycles. The quantitative estimate of drug-likeness (QED) is 0.506. The normalized spacial score (nSPS) is 17.9. The van der Waals surface area contributed by atoms with Crippen LogP contribution < -0.4 is 10.6 Å². The molecule has 122 valence electrons. The van der Waals surface area contributed by atoms with E-state index in [9.17, 15) is 5.11 Å². The predicted octanol–water partition coefficient (Wildman–Crippen LogP) is 1.84. The fourth-order valence-electron chi connectivity index (χ4n) is 2.07. The zero-order valence-electron chi connectivity index (χ0n) is 13.5. The topological polar surface area (TPSA) is 65.9 Å². The van der Waals surface area contributed by atoms with Gasteiger partial charge in [-0.2, -0.15) is 0 Å². The number of nitrogens with zero attached hydrogens (tertiary/aromatic N) is 1. The van der Waals surface area contributed by atoms with Gasteiger partial charge >= 0.3 is 0 Å². The van der Waals surface area contributed by atoms with Gasteiger partial charge in [-0.05, 0) is 32.3 Å². The first-order valence-corrected chi connectivity index (χ1v) is 8.08. The number of aliphatic imine (C=N–C) groups is 1. The van der Waals surface area contributed by atoms with Crippen LogP contribution in [0.1, 0.15) is 38.4 Å². The Kier molecular flexibility index (Phi) is 6.68. The molecule has 2 rings (SSSR count). The first kappa shape index (κ1) is 16.8. The molecule has 22 heavy (non-hydrogen) atoms. The molecule has 0 saturated heterocycles. The van der Waals surface area contributed by atoms with Gasteiger partial charge in [0.2, 0.25) is 0 Å². The minimum atomic E-state index is -0.596. The SMILES string of the molecule is CCNC(=NCC(O)COC(C)c1ccccc1)NC1CC1. The van der Waals surface area contributed by atoms with Crippen molar-refractivity contribution in [2.24, 2.45) is 4.99 Å². The summed E-state index contributed by atoms with van der Waals surface area (Å²) in [5.74, 6) is 0.778. The van der Waals surface area contributed by atoms with Crippen LogP contribution in [0.15, 0.2) is 35.3 Å². The molecule has 2 atom stereocenters. The Morgan fingerprint density at radius 1 is 1.36 bits per heavy atom. The predicted molar refractivity (Wildman–Crippen MR) is 89.0 cm³/mol. The smallest absolute Gasteiger partial charge is 0.191 e. The lowest BCUT2D eigenvalue weighted by molar-refractivity contribution is 0.00111. The van der Waals surface area contributed by atoms with Gasteiger partial charge < -0.3 is 20.5 Å². The summed E-state index contributed by atoms with van der Waals surface area (Å²) in [6.45, 7) is 5.46. The Morgan fingerprint density at radius 2 is 2.09 bits per heavy atom. The molecule has 0 radical (unpaired) electrons. The molecule has 1 fully saturated rings. The second kappa shape index (κ2) is 8.76. The molecule has 5 heteroatoms. The lowest BCUT2D eigenvalue weighted by Gasteiger charge is -2.16. The lowest BCUT2D eigenvalue weighted by atomic mass is 10.1. The number of nitrogens with one attached hydrogen (secondary N) is 2. The molecule has 2 unspecified atom stereocenters. The fraction of sp³-hybridized carbons (Fsp3) is 0.588. The maximum absolute atomic E-state index is 10.0. The van der Waals surface area contributed by atoms with Crippen LogP contribution in [0.4, 0.5) is 0 Å². The van der Waals surface area contributed by atoms with E-state index in [4.69, 9.17) is 4.74 Å². The molecule has 1 aliphatic carbocycles. The van der Waals surface area contributed by atoms with Gasteiger partial charge in [-0.1, -0.05) is 30.3 Å². The van der Waals surface area contributed by atoms with Crippen molar-refractivity contribution in [3.63, 3.8) is 0 Å². The highest BCUT2D eigenvalue weighted by atomic mass is 16.5. The van der Waals surface area contributed by atoms with Crippen LogP contribution in [-0.2, 0) is 4.74 Å². The Balaban J connectivity index is 1.72. The van der Waals surface area contributed by atoms with Crippen LogP contribution in [-0.4, -0.2) is 42.9 Å². The third-order valence-electron chi connectivity index (χ3n) is 3.53. The summed E-state index contributed by atoms with van der Waals surface area (Å²) in [5.41, 5.74) is 1.11. The number of ether oxygens (including phenoxy) is 1. The minimum Gasteiger partial charge on any atom is -0.389 e. The van der Waals surface area contributed by atoms with E-state index in [2.05, 4.69) is 15.6 Å². The van der Waals surface area contributed by atoms with Gasteiger partial charge in [0, 0.05) is 12.6 Å². The van der Waals surface area contributed by atoms with Gasteiger partial charge in [-0.3, -0.25) is 4.99 Å². The third kappa shape index (κ3) is 6.03. The summed E-state index contributed by atoms with van der Waals surface area (Å²) in [6.07, 6.45) is 1.77. The van der Waals surface area contributed by atoms with Crippen LogP contribution >= 0.6 is 0 Å². The maximum Gasteiger partial charge on any atom is 0.191 e. The molecule has 0 heterocycles. The summed E-state index contributed by atoms with van der Waals surface area (Å²) in [7, 11) is 0. The van der Waals surface area contributed by atoms with Crippen molar-refractivity contribution in [1.82, 2.24) is 10.6 Å². The van der Waals surface area contributed by atoms with E-state index in [1.54, 1.807) is 0 Å². The second-order valence-electron chi connectivity index (χ2n) is 5.68. The fourth-order valence-corrected chi connectivity index (χ4v) is 2.07. The molecule has 1 aliphatic rings. The molecule has 0 aromatic heterocycles. The number of rotatable bonds is 8. The van der Waals surface area contributed by atoms with Crippen LogP contribution in [0.5, 0.6) is 0 Å². The highest BCUT2D eigenvalue weighted by Gasteiger charge is 2.22. The van der Waals surface area contributed by atoms with Crippen LogP contribution in [0.25, 0.3) is 0 Å². The van der Waals surface area contributed by atoms with Crippen molar-refractivity contribution in [3.8, 4) is 0 Å². The molecule has 1 aromatic rings. The summed E-state index contributed by atoms with van der Waals surface area (Å²) in [5, 5.41) is 16.5. The Labute approximate surface area is 132 Å². The van der Waals surface area contributed by atoms with E-state index >= 15 is 0 Å². The Hall–Kier alpha value is -1.59. The van der Waals surface area contributed by atoms with E-state index in [1.165, 1.54) is 12.8 Å². The summed E-state index contributed by atoms with van der Waals surface area (Å²) in [6, 6.07) is 10.6. The molecule has 0 spiro atoms. The van der Waals surface area contributed by atoms with Crippen molar-refractivity contribution in [3.05, 3.63) is 35.9 Å². The average Bonchev–Trinajstić information content (AvgIpc) is 3.35. The number of aliphatic hydroxyl groups is 1. The molecule has 1 saturated carbocycles. The van der Waals surface area contributed by atoms with Crippen molar-refractivity contribution in [2.45, 2.75) is 44.9 Å². The summed E-state index contributed by atoms with van der Waals surface area (Å²) < 4.78 is 5.72. The van der Waals surface area contributed by atoms with Crippen molar-refractivity contribution in [1.29, 1.82) is 0 Å². The van der Waals surface area contributed by atoms with Crippen LogP contribution in [0.2, 0.25) is 0 Å². The first-order valence-electron chi connectivity index (χ1n) is 8.08. The van der Waals surface area contributed by atoms with Gasteiger partial charge in [-0.15, -0.1) is 0 Å². The van der Waals surface area contributed by atoms with Gasteiger partial charge in [-0.25, -0.2) is 0 Å². The van der Waals surface area contributed by atoms with Crippen LogP contribution in [0, 0.1) is 0 Å². The van der Waals surface area contributed by atoms with Crippen LogP contribution in [0.3, 0.4) is 0 Å². The van der Waals surface area contributed by atoms with E-state index in [-0.39, 0.29) is 12.7 Å². The standard InChI is InChI=1S/C17H27N3O2/c1-3-18-17(20-15-9-10-15)19-11-16(21)12-22-13(2)14-7-5-4-6-8-14/h4-8,13,15-16,21H,3,9-12H2,1-2H3,(H2,18,19,20). The van der Waals surface area contributed by atoms with Gasteiger partial charge in [0.05, 0.1) is 25.4 Å². The summed E-state index contributed by atoms with van der Waals surface area (Å²) in [4.78, 5) is 4.41. The van der Waals surface area contributed by atoms with Crippen molar-refractivity contribution >= 4 is 5.96 Å². The van der Waals surface area contributed by atoms with E-state index < -0.39 is 6.10 Å². The zero-order valence-corrected chi connectivity index (χ0v) is 13.5. The third-order valence-corrected chi connectivity index (χ3v) is 3.53. The van der Waals surface area contributed by atoms with E-state index in [0.717, 1.165) is 18.1 Å². The summed E-state index contributed by atoms with van der Waals surface area (Å²) >= 11 is 0. The molecule has 0 bridgehead atoms. The number of benzene rings is 1. The van der Waals surface area contributed by atoms with Gasteiger partial charge in [0.15, 0.2) is 5.96 Å². The van der Waals surface area contributed by atoms with Crippen molar-refractivity contribution in [2.75, 3.05) is 19.7 Å². The molecule has 3 N–H and O–H groups in total. The van der Waals surface area contributed by atoms with E-state index in [0.29, 0.717) is 12.6 Å². The molecule has 5 nitrogen and oxygen atoms in total. The Bertz CT molecular complexity index is 460.